The lowest BCUT2D eigenvalue weighted by molar-refractivity contribution is -0.122. The van der Waals surface area contributed by atoms with E-state index in [1.807, 2.05) is 44.3 Å². The lowest BCUT2D eigenvalue weighted by Crippen LogP contribution is -2.24. The highest BCUT2D eigenvalue weighted by molar-refractivity contribution is 5.81. The van der Waals surface area contributed by atoms with Crippen LogP contribution in [0.1, 0.15) is 55.8 Å². The summed E-state index contributed by atoms with van der Waals surface area (Å²) in [6.45, 7) is 10.7. The van der Waals surface area contributed by atoms with E-state index in [1.165, 1.54) is 0 Å². The van der Waals surface area contributed by atoms with Crippen molar-refractivity contribution in [3.63, 3.8) is 0 Å². The molecule has 0 saturated heterocycles. The maximum Gasteiger partial charge on any atom is 0.223 e. The quantitative estimate of drug-likeness (QED) is 0.637. The van der Waals surface area contributed by atoms with Crippen LogP contribution in [0, 0.1) is 25.7 Å². The van der Waals surface area contributed by atoms with Gasteiger partial charge in [0.05, 0.1) is 17.0 Å². The molecule has 4 rings (SSSR count). The van der Waals surface area contributed by atoms with E-state index in [-0.39, 0.29) is 17.7 Å². The van der Waals surface area contributed by atoms with Gasteiger partial charge in [-0.05, 0) is 31.7 Å². The van der Waals surface area contributed by atoms with Crippen LogP contribution in [0.5, 0.6) is 0 Å². The van der Waals surface area contributed by atoms with Gasteiger partial charge >= 0.3 is 0 Å². The summed E-state index contributed by atoms with van der Waals surface area (Å²) in [7, 11) is 0. The van der Waals surface area contributed by atoms with Gasteiger partial charge in [-0.2, -0.15) is 0 Å². The van der Waals surface area contributed by atoms with Gasteiger partial charge < -0.3 is 9.84 Å². The number of aryl methyl sites for hydroxylation is 1. The van der Waals surface area contributed by atoms with Crippen LogP contribution in [0.25, 0.3) is 22.6 Å². The van der Waals surface area contributed by atoms with Crippen LogP contribution in [0.2, 0.25) is 0 Å². The van der Waals surface area contributed by atoms with Crippen LogP contribution < -0.4 is 5.32 Å². The van der Waals surface area contributed by atoms with Crippen molar-refractivity contribution in [3.05, 3.63) is 53.1 Å². The molecule has 1 fully saturated rings. The van der Waals surface area contributed by atoms with Crippen molar-refractivity contribution in [2.24, 2.45) is 11.8 Å². The molecule has 0 aliphatic heterocycles. The summed E-state index contributed by atoms with van der Waals surface area (Å²) in [5, 5.41) is 7.13. The van der Waals surface area contributed by atoms with Gasteiger partial charge in [-0.1, -0.05) is 50.2 Å². The molecular weight excluding hydrogens is 376 g/mol. The Morgan fingerprint density at radius 1 is 1.23 bits per heavy atom. The number of hydrogen-bond donors (Lipinski definition) is 1. The molecule has 1 amide bonds. The van der Waals surface area contributed by atoms with E-state index in [0.29, 0.717) is 18.2 Å². The Balaban J connectivity index is 1.62. The number of nitrogens with one attached hydrogen (secondary N) is 1. The molecule has 1 aromatic carbocycles. The standard InChI is InChI=1S/C24H28N4O2/c1-13(2)23-25-12-20(22-15(4)16(5)28-30-22)21(27-23)18-8-6-17(7-9-18)11-26-24(29)19-10-14(19)3/h6-9,12-14,19H,10-11H2,1-5H3,(H,26,29)/t14-,19+/m0/s1. The molecule has 1 N–H and O–H groups in total. The average Bonchev–Trinajstić information content (AvgIpc) is 3.39. The van der Waals surface area contributed by atoms with Crippen LogP contribution in [0.3, 0.4) is 0 Å². The van der Waals surface area contributed by atoms with E-state index in [4.69, 9.17) is 9.51 Å². The maximum absolute atomic E-state index is 12.1. The second kappa shape index (κ2) is 8.01. The van der Waals surface area contributed by atoms with Crippen molar-refractivity contribution in [1.82, 2.24) is 20.4 Å². The van der Waals surface area contributed by atoms with Gasteiger partial charge in [0.2, 0.25) is 5.91 Å². The zero-order valence-corrected chi connectivity index (χ0v) is 18.2. The minimum atomic E-state index is 0.155. The van der Waals surface area contributed by atoms with Gasteiger partial charge in [-0.25, -0.2) is 9.97 Å². The van der Waals surface area contributed by atoms with E-state index in [9.17, 15) is 4.79 Å². The first-order valence-corrected chi connectivity index (χ1v) is 10.5. The zero-order valence-electron chi connectivity index (χ0n) is 18.2. The smallest absolute Gasteiger partial charge is 0.223 e. The van der Waals surface area contributed by atoms with E-state index in [0.717, 1.165) is 45.9 Å². The summed E-state index contributed by atoms with van der Waals surface area (Å²) in [6.07, 6.45) is 2.83. The first-order chi connectivity index (χ1) is 14.3. The summed E-state index contributed by atoms with van der Waals surface area (Å²) < 4.78 is 5.59. The molecule has 2 aromatic heterocycles. The number of nitrogens with zero attached hydrogens (tertiary/aromatic N) is 3. The average molecular weight is 405 g/mol. The number of aromatic nitrogens is 3. The highest BCUT2D eigenvalue weighted by Gasteiger charge is 2.38. The summed E-state index contributed by atoms with van der Waals surface area (Å²) in [6, 6.07) is 8.14. The lowest BCUT2D eigenvalue weighted by Gasteiger charge is -2.12. The van der Waals surface area contributed by atoms with Gasteiger partial charge in [-0.15, -0.1) is 0 Å². The molecule has 1 aliphatic carbocycles. The minimum absolute atomic E-state index is 0.155. The third-order valence-corrected chi connectivity index (χ3v) is 5.87. The Morgan fingerprint density at radius 3 is 2.50 bits per heavy atom. The number of rotatable bonds is 6. The molecule has 0 unspecified atom stereocenters. The molecule has 30 heavy (non-hydrogen) atoms. The van der Waals surface area contributed by atoms with E-state index in [2.05, 4.69) is 36.2 Å². The molecule has 6 heteroatoms. The van der Waals surface area contributed by atoms with Crippen molar-refractivity contribution in [2.75, 3.05) is 0 Å². The van der Waals surface area contributed by atoms with Gasteiger partial charge in [0.1, 0.15) is 5.82 Å². The van der Waals surface area contributed by atoms with Gasteiger partial charge in [0, 0.05) is 35.7 Å². The Morgan fingerprint density at radius 2 is 1.93 bits per heavy atom. The van der Waals surface area contributed by atoms with E-state index >= 15 is 0 Å². The normalized spacial score (nSPS) is 17.9. The Bertz CT molecular complexity index is 1070. The predicted molar refractivity (Wildman–Crippen MR) is 116 cm³/mol. The molecule has 3 aromatic rings. The zero-order chi connectivity index (χ0) is 21.4. The molecule has 1 aliphatic rings. The topological polar surface area (TPSA) is 80.9 Å². The minimum Gasteiger partial charge on any atom is -0.356 e. The van der Waals surface area contributed by atoms with Crippen molar-refractivity contribution >= 4 is 5.91 Å². The molecule has 156 valence electrons. The Hall–Kier alpha value is -3.02. The highest BCUT2D eigenvalue weighted by atomic mass is 16.5. The van der Waals surface area contributed by atoms with Gasteiger partial charge in [-0.3, -0.25) is 4.79 Å². The maximum atomic E-state index is 12.1. The van der Waals surface area contributed by atoms with Crippen LogP contribution in [-0.4, -0.2) is 21.0 Å². The van der Waals surface area contributed by atoms with Gasteiger partial charge in [0.25, 0.3) is 0 Å². The van der Waals surface area contributed by atoms with Crippen molar-refractivity contribution < 1.29 is 9.32 Å². The molecule has 0 spiro atoms. The molecule has 2 atom stereocenters. The number of hydrogen-bond acceptors (Lipinski definition) is 5. The molecular formula is C24H28N4O2. The molecule has 1 saturated carbocycles. The lowest BCUT2D eigenvalue weighted by atomic mass is 10.0. The summed E-state index contributed by atoms with van der Waals surface area (Å²) in [5.41, 5.74) is 5.56. The molecule has 0 radical (unpaired) electrons. The number of amides is 1. The highest BCUT2D eigenvalue weighted by Crippen LogP contribution is 2.38. The second-order valence-electron chi connectivity index (χ2n) is 8.60. The van der Waals surface area contributed by atoms with Crippen LogP contribution >= 0.6 is 0 Å². The number of benzene rings is 1. The Kier molecular flexibility index (Phi) is 5.41. The fourth-order valence-electron chi connectivity index (χ4n) is 3.51. The van der Waals surface area contributed by atoms with Crippen molar-refractivity contribution in [3.8, 4) is 22.6 Å². The summed E-state index contributed by atoms with van der Waals surface area (Å²) in [5.74, 6) is 2.57. The molecule has 0 bridgehead atoms. The third-order valence-electron chi connectivity index (χ3n) is 5.87. The largest absolute Gasteiger partial charge is 0.356 e. The monoisotopic (exact) mass is 404 g/mol. The predicted octanol–water partition coefficient (Wildman–Crippen LogP) is 4.81. The van der Waals surface area contributed by atoms with Crippen LogP contribution in [0.4, 0.5) is 0 Å². The first kappa shape index (κ1) is 20.3. The number of carbonyl (C=O) groups is 1. The molecule has 6 nitrogen and oxygen atoms in total. The summed E-state index contributed by atoms with van der Waals surface area (Å²) in [4.78, 5) is 21.5. The fraction of sp³-hybridized carbons (Fsp3) is 0.417. The van der Waals surface area contributed by atoms with Gasteiger partial charge in [0.15, 0.2) is 5.76 Å². The van der Waals surface area contributed by atoms with Crippen LogP contribution in [-0.2, 0) is 11.3 Å². The first-order valence-electron chi connectivity index (χ1n) is 10.5. The second-order valence-corrected chi connectivity index (χ2v) is 8.60. The van der Waals surface area contributed by atoms with Crippen molar-refractivity contribution in [1.29, 1.82) is 0 Å². The molecule has 2 heterocycles. The number of carbonyl (C=O) groups excluding carboxylic acids is 1. The fourth-order valence-corrected chi connectivity index (χ4v) is 3.51. The van der Waals surface area contributed by atoms with Crippen molar-refractivity contribution in [2.45, 2.75) is 53.5 Å². The van der Waals surface area contributed by atoms with E-state index in [1.54, 1.807) is 0 Å². The third kappa shape index (κ3) is 3.99. The van der Waals surface area contributed by atoms with E-state index < -0.39 is 0 Å². The SMILES string of the molecule is Cc1noc(-c2cnc(C(C)C)nc2-c2ccc(CNC(=O)[C@@H]3C[C@@H]3C)cc2)c1C. The summed E-state index contributed by atoms with van der Waals surface area (Å²) >= 11 is 0. The Labute approximate surface area is 177 Å². The van der Waals surface area contributed by atoms with Crippen LogP contribution in [0.15, 0.2) is 35.0 Å².